The van der Waals surface area contributed by atoms with Gasteiger partial charge in [-0.1, -0.05) is 12.1 Å². The Kier molecular flexibility index (Phi) is 3.95. The summed E-state index contributed by atoms with van der Waals surface area (Å²) in [4.78, 5) is 0.851. The van der Waals surface area contributed by atoms with Gasteiger partial charge in [0, 0.05) is 13.1 Å². The Morgan fingerprint density at radius 2 is 2.04 bits per heavy atom. The van der Waals surface area contributed by atoms with Gasteiger partial charge in [-0.25, -0.2) is 12.8 Å². The smallest absolute Gasteiger partial charge is 0.263 e. The molecule has 0 bridgehead atoms. The number of nitrogens with zero attached hydrogens (tertiary/aromatic N) is 2. The van der Waals surface area contributed by atoms with E-state index in [1.54, 1.807) is 20.0 Å². The van der Waals surface area contributed by atoms with Gasteiger partial charge in [-0.05, 0) is 36.1 Å². The number of aromatic nitrogens is 2. The van der Waals surface area contributed by atoms with Crippen molar-refractivity contribution < 1.29 is 12.8 Å². The number of rotatable bonds is 4. The van der Waals surface area contributed by atoms with Crippen LogP contribution in [0.25, 0.3) is 10.6 Å². The molecule has 0 spiro atoms. The third kappa shape index (κ3) is 3.13. The van der Waals surface area contributed by atoms with Gasteiger partial charge in [0.2, 0.25) is 0 Å². The molecule has 0 atom stereocenters. The van der Waals surface area contributed by atoms with Crippen molar-refractivity contribution in [2.24, 2.45) is 7.05 Å². The normalized spacial score (nSPS) is 11.6. The summed E-state index contributed by atoms with van der Waals surface area (Å²) in [6.45, 7) is 1.62. The van der Waals surface area contributed by atoms with E-state index in [2.05, 4.69) is 9.82 Å². The van der Waals surface area contributed by atoms with E-state index >= 15 is 0 Å². The van der Waals surface area contributed by atoms with Gasteiger partial charge in [-0.3, -0.25) is 9.40 Å². The van der Waals surface area contributed by atoms with Gasteiger partial charge in [0.1, 0.15) is 17.3 Å². The first-order valence-corrected chi connectivity index (χ1v) is 9.10. The van der Waals surface area contributed by atoms with Crippen LogP contribution in [-0.4, -0.2) is 18.2 Å². The zero-order chi connectivity index (χ0) is 16.6. The lowest BCUT2D eigenvalue weighted by Crippen LogP contribution is -2.16. The molecule has 0 saturated heterocycles. The Hall–Kier alpha value is -2.19. The van der Waals surface area contributed by atoms with Gasteiger partial charge in [-0.2, -0.15) is 5.10 Å². The van der Waals surface area contributed by atoms with Crippen LogP contribution in [0.3, 0.4) is 0 Å². The van der Waals surface area contributed by atoms with Crippen molar-refractivity contribution in [3.63, 3.8) is 0 Å². The highest BCUT2D eigenvalue weighted by Crippen LogP contribution is 2.27. The number of thiophene rings is 1. The van der Waals surface area contributed by atoms with E-state index in [-0.39, 0.29) is 4.90 Å². The van der Waals surface area contributed by atoms with E-state index in [0.717, 1.165) is 10.9 Å². The molecule has 120 valence electrons. The largest absolute Gasteiger partial charge is 0.264 e. The van der Waals surface area contributed by atoms with E-state index in [4.69, 9.17) is 0 Å². The first kappa shape index (κ1) is 15.7. The Morgan fingerprint density at radius 1 is 1.26 bits per heavy atom. The molecule has 3 aromatic rings. The van der Waals surface area contributed by atoms with Crippen LogP contribution in [0.2, 0.25) is 0 Å². The third-order valence-corrected chi connectivity index (χ3v) is 5.72. The van der Waals surface area contributed by atoms with Crippen LogP contribution in [-0.2, 0) is 17.1 Å². The lowest BCUT2D eigenvalue weighted by Gasteiger charge is -2.10. The summed E-state index contributed by atoms with van der Waals surface area (Å²) in [6, 6.07) is 9.13. The molecule has 0 saturated carbocycles. The minimum Gasteiger partial charge on any atom is -0.264 e. The van der Waals surface area contributed by atoms with Crippen LogP contribution in [0, 0.1) is 12.7 Å². The molecular formula is C15H14FN3O2S2. The number of anilines is 1. The van der Waals surface area contributed by atoms with Crippen molar-refractivity contribution >= 4 is 27.2 Å². The van der Waals surface area contributed by atoms with Gasteiger partial charge in [0.25, 0.3) is 10.0 Å². The first-order valence-electron chi connectivity index (χ1n) is 6.74. The van der Waals surface area contributed by atoms with E-state index < -0.39 is 15.8 Å². The van der Waals surface area contributed by atoms with E-state index in [0.29, 0.717) is 17.1 Å². The lowest BCUT2D eigenvalue weighted by molar-refractivity contribution is 0.593. The van der Waals surface area contributed by atoms with Crippen molar-refractivity contribution in [2.45, 2.75) is 11.8 Å². The summed E-state index contributed by atoms with van der Waals surface area (Å²) >= 11 is 1.51. The molecule has 0 amide bonds. The summed E-state index contributed by atoms with van der Waals surface area (Å²) in [7, 11) is -2.25. The standard InChI is InChI=1S/C15H14FN3O2S2/c1-10-5-6-11(16)8-14(10)23(20,21)18-15-9-12(17-19(15)2)13-4-3-7-22-13/h3-9,18H,1-2H3. The number of aryl methyl sites for hydroxylation is 2. The maximum atomic E-state index is 13.4. The highest BCUT2D eigenvalue weighted by Gasteiger charge is 2.20. The number of hydrogen-bond donors (Lipinski definition) is 1. The second-order valence-electron chi connectivity index (χ2n) is 5.03. The molecule has 0 aliphatic heterocycles. The summed E-state index contributed by atoms with van der Waals surface area (Å²) in [5.41, 5.74) is 1.15. The van der Waals surface area contributed by atoms with Crippen LogP contribution in [0.15, 0.2) is 46.7 Å². The minimum absolute atomic E-state index is 0.0867. The van der Waals surface area contributed by atoms with Crippen molar-refractivity contribution in [3.8, 4) is 10.6 Å². The monoisotopic (exact) mass is 351 g/mol. The summed E-state index contributed by atoms with van der Waals surface area (Å²) < 4.78 is 42.3. The van der Waals surface area contributed by atoms with Crippen molar-refractivity contribution in [3.05, 3.63) is 53.2 Å². The quantitative estimate of drug-likeness (QED) is 0.783. The molecule has 5 nitrogen and oxygen atoms in total. The molecule has 0 aliphatic rings. The number of benzene rings is 1. The average molecular weight is 351 g/mol. The molecule has 0 fully saturated rings. The highest BCUT2D eigenvalue weighted by molar-refractivity contribution is 7.92. The topological polar surface area (TPSA) is 64.0 Å². The highest BCUT2D eigenvalue weighted by atomic mass is 32.2. The van der Waals surface area contributed by atoms with Crippen molar-refractivity contribution in [1.82, 2.24) is 9.78 Å². The van der Waals surface area contributed by atoms with Gasteiger partial charge >= 0.3 is 0 Å². The first-order chi connectivity index (χ1) is 10.9. The van der Waals surface area contributed by atoms with Crippen LogP contribution in [0.4, 0.5) is 10.2 Å². The molecule has 2 heterocycles. The van der Waals surface area contributed by atoms with E-state index in [9.17, 15) is 12.8 Å². The molecule has 2 aromatic heterocycles. The van der Waals surface area contributed by atoms with Gasteiger partial charge < -0.3 is 0 Å². The average Bonchev–Trinajstić information content (AvgIpc) is 3.12. The fraction of sp³-hybridized carbons (Fsp3) is 0.133. The predicted octanol–water partition coefficient (Wildman–Crippen LogP) is 3.40. The third-order valence-electron chi connectivity index (χ3n) is 3.33. The Morgan fingerprint density at radius 3 is 2.74 bits per heavy atom. The number of nitrogens with one attached hydrogen (secondary N) is 1. The van der Waals surface area contributed by atoms with E-state index in [1.807, 2.05) is 17.5 Å². The lowest BCUT2D eigenvalue weighted by atomic mass is 10.2. The molecule has 0 aliphatic carbocycles. The maximum absolute atomic E-state index is 13.4. The Labute approximate surface area is 137 Å². The van der Waals surface area contributed by atoms with Crippen LogP contribution < -0.4 is 4.72 Å². The predicted molar refractivity (Wildman–Crippen MR) is 88.5 cm³/mol. The SMILES string of the molecule is Cc1ccc(F)cc1S(=O)(=O)Nc1cc(-c2cccs2)nn1C. The van der Waals surface area contributed by atoms with Crippen LogP contribution >= 0.6 is 11.3 Å². The fourth-order valence-electron chi connectivity index (χ4n) is 2.16. The van der Waals surface area contributed by atoms with Gasteiger partial charge in [0.15, 0.2) is 0 Å². The van der Waals surface area contributed by atoms with Crippen molar-refractivity contribution in [1.29, 1.82) is 0 Å². The summed E-state index contributed by atoms with van der Waals surface area (Å²) in [6.07, 6.45) is 0. The number of hydrogen-bond acceptors (Lipinski definition) is 4. The molecule has 8 heteroatoms. The zero-order valence-corrected chi connectivity index (χ0v) is 14.1. The Balaban J connectivity index is 1.97. The molecule has 3 rings (SSSR count). The summed E-state index contributed by atoms with van der Waals surface area (Å²) in [5.74, 6) is -0.280. The Bertz CT molecular complexity index is 947. The zero-order valence-electron chi connectivity index (χ0n) is 12.4. The minimum atomic E-state index is -3.89. The van der Waals surface area contributed by atoms with Crippen molar-refractivity contribution in [2.75, 3.05) is 4.72 Å². The summed E-state index contributed by atoms with van der Waals surface area (Å²) in [5, 5.41) is 6.22. The maximum Gasteiger partial charge on any atom is 0.263 e. The number of halogens is 1. The van der Waals surface area contributed by atoms with Crippen LogP contribution in [0.5, 0.6) is 0 Å². The molecule has 1 N–H and O–H groups in total. The van der Waals surface area contributed by atoms with Gasteiger partial charge in [-0.15, -0.1) is 11.3 Å². The molecule has 0 radical (unpaired) electrons. The molecule has 23 heavy (non-hydrogen) atoms. The molecular weight excluding hydrogens is 337 g/mol. The number of sulfonamides is 1. The molecule has 0 unspecified atom stereocenters. The molecule has 1 aromatic carbocycles. The fourth-order valence-corrected chi connectivity index (χ4v) is 4.18. The van der Waals surface area contributed by atoms with Crippen LogP contribution in [0.1, 0.15) is 5.56 Å². The second kappa shape index (κ2) is 5.78. The van der Waals surface area contributed by atoms with Gasteiger partial charge in [0.05, 0.1) is 9.77 Å². The second-order valence-corrected chi connectivity index (χ2v) is 7.63. The van der Waals surface area contributed by atoms with E-state index in [1.165, 1.54) is 28.2 Å².